The van der Waals surface area contributed by atoms with Crippen LogP contribution in [0, 0.1) is 0 Å². The van der Waals surface area contributed by atoms with Crippen LogP contribution < -0.4 is 11.1 Å². The highest BCUT2D eigenvalue weighted by atomic mass is 16.6. The molecular weight excluding hydrogens is 536 g/mol. The van der Waals surface area contributed by atoms with Gasteiger partial charge in [-0.1, -0.05) is 60.7 Å². The predicted molar refractivity (Wildman–Crippen MR) is 145 cm³/mol. The minimum absolute atomic E-state index is 0.0877. The Morgan fingerprint density at radius 3 is 1.95 bits per heavy atom. The van der Waals surface area contributed by atoms with Crippen molar-refractivity contribution < 1.29 is 42.9 Å². The molecule has 0 spiro atoms. The molecule has 0 aliphatic carbocycles. The van der Waals surface area contributed by atoms with Crippen LogP contribution in [0.1, 0.15) is 32.7 Å². The van der Waals surface area contributed by atoms with Crippen molar-refractivity contribution in [3.8, 4) is 22.6 Å². The Morgan fingerprint density at radius 1 is 0.902 bits per heavy atom. The van der Waals surface area contributed by atoms with E-state index in [1.165, 1.54) is 21.0 Å². The first-order valence-corrected chi connectivity index (χ1v) is 13.0. The number of ether oxygens (including phenoxy) is 3. The van der Waals surface area contributed by atoms with E-state index in [4.69, 9.17) is 13.9 Å². The van der Waals surface area contributed by atoms with Crippen LogP contribution in [0.25, 0.3) is 22.6 Å². The summed E-state index contributed by atoms with van der Waals surface area (Å²) < 4.78 is 21.1. The number of nitrogens with one attached hydrogen (secondary N) is 1. The monoisotopic (exact) mass is 568 g/mol. The molecular formula is C29H32N2O10. The van der Waals surface area contributed by atoms with Crippen LogP contribution in [0.5, 0.6) is 0 Å². The second-order valence-corrected chi connectivity index (χ2v) is 8.72. The number of hydrogen-bond acceptors (Lipinski definition) is 10. The van der Waals surface area contributed by atoms with Crippen LogP contribution in [-0.2, 0) is 33.4 Å². The van der Waals surface area contributed by atoms with E-state index in [1.807, 2.05) is 0 Å². The summed E-state index contributed by atoms with van der Waals surface area (Å²) >= 11 is 0. The van der Waals surface area contributed by atoms with Crippen molar-refractivity contribution in [1.82, 2.24) is 9.88 Å². The van der Waals surface area contributed by atoms with Gasteiger partial charge in [-0.05, 0) is 20.3 Å². The minimum atomic E-state index is -1.88. The molecule has 12 nitrogen and oxygen atoms in total. The first-order chi connectivity index (χ1) is 19.7. The average molecular weight is 569 g/mol. The Bertz CT molecular complexity index is 1380. The van der Waals surface area contributed by atoms with Gasteiger partial charge in [-0.2, -0.15) is 0 Å². The molecule has 1 aromatic heterocycles. The zero-order valence-corrected chi connectivity index (χ0v) is 22.9. The number of carbonyl (C=O) groups is 4. The maximum absolute atomic E-state index is 13.8. The van der Waals surface area contributed by atoms with E-state index < -0.39 is 47.8 Å². The van der Waals surface area contributed by atoms with Crippen LogP contribution in [0.2, 0.25) is 0 Å². The van der Waals surface area contributed by atoms with E-state index in [-0.39, 0.29) is 37.5 Å². The average Bonchev–Trinajstić information content (AvgIpc) is 3.32. The van der Waals surface area contributed by atoms with Crippen molar-refractivity contribution >= 4 is 23.8 Å². The second-order valence-electron chi connectivity index (χ2n) is 8.72. The molecule has 0 unspecified atom stereocenters. The molecule has 0 bridgehead atoms. The van der Waals surface area contributed by atoms with Crippen molar-refractivity contribution in [2.45, 2.75) is 44.9 Å². The van der Waals surface area contributed by atoms with Gasteiger partial charge in [-0.25, -0.2) is 14.4 Å². The molecule has 2 atom stereocenters. The van der Waals surface area contributed by atoms with E-state index in [1.54, 1.807) is 60.7 Å². The van der Waals surface area contributed by atoms with Crippen molar-refractivity contribution in [1.29, 1.82) is 0 Å². The standard InChI is InChI=1S/C29H32N2O10/c1-4-39-27(35)22(28(36)40-5-2)30-26(34)24(20(32)16-17-21(33)38-3)31-23(18-12-8-6-9-13-18)25(41-29(31)37)19-14-10-7-11-15-19/h6-15,20,22,24,32H,4-5,16-17H2,1-3H3,(H,30,34)/t20-,24-/m0/s1. The summed E-state index contributed by atoms with van der Waals surface area (Å²) in [5, 5.41) is 13.5. The molecule has 0 radical (unpaired) electrons. The van der Waals surface area contributed by atoms with E-state index >= 15 is 0 Å². The minimum Gasteiger partial charge on any atom is -0.469 e. The lowest BCUT2D eigenvalue weighted by atomic mass is 10.0. The van der Waals surface area contributed by atoms with Gasteiger partial charge in [0.15, 0.2) is 5.76 Å². The molecule has 0 fully saturated rings. The fourth-order valence-corrected chi connectivity index (χ4v) is 4.17. The van der Waals surface area contributed by atoms with E-state index in [0.29, 0.717) is 11.1 Å². The first-order valence-electron chi connectivity index (χ1n) is 13.0. The van der Waals surface area contributed by atoms with E-state index in [9.17, 15) is 29.1 Å². The van der Waals surface area contributed by atoms with Gasteiger partial charge in [-0.3, -0.25) is 14.2 Å². The third-order valence-corrected chi connectivity index (χ3v) is 6.04. The van der Waals surface area contributed by atoms with Crippen LogP contribution >= 0.6 is 0 Å². The number of aromatic nitrogens is 1. The molecule has 2 aromatic carbocycles. The number of hydrogen-bond donors (Lipinski definition) is 2. The summed E-state index contributed by atoms with van der Waals surface area (Å²) in [6.07, 6.45) is -2.26. The van der Waals surface area contributed by atoms with E-state index in [2.05, 4.69) is 10.1 Å². The molecule has 3 aromatic rings. The summed E-state index contributed by atoms with van der Waals surface area (Å²) in [5.41, 5.74) is 1.15. The molecule has 0 saturated heterocycles. The maximum Gasteiger partial charge on any atom is 0.420 e. The lowest BCUT2D eigenvalue weighted by molar-refractivity contribution is -0.160. The Hall–Kier alpha value is -4.71. The van der Waals surface area contributed by atoms with Crippen molar-refractivity contribution in [3.63, 3.8) is 0 Å². The highest BCUT2D eigenvalue weighted by molar-refractivity contribution is 6.03. The molecule has 1 heterocycles. The Morgan fingerprint density at radius 2 is 1.44 bits per heavy atom. The number of methoxy groups -OCH3 is 1. The summed E-state index contributed by atoms with van der Waals surface area (Å²) in [6.45, 7) is 2.86. The number of nitrogens with zero attached hydrogens (tertiary/aromatic N) is 1. The number of amides is 1. The summed E-state index contributed by atoms with van der Waals surface area (Å²) in [5.74, 6) is -4.80. The fourth-order valence-electron chi connectivity index (χ4n) is 4.17. The lowest BCUT2D eigenvalue weighted by Gasteiger charge is -2.26. The highest BCUT2D eigenvalue weighted by Crippen LogP contribution is 2.34. The smallest absolute Gasteiger partial charge is 0.420 e. The predicted octanol–water partition coefficient (Wildman–Crippen LogP) is 2.24. The molecule has 0 saturated carbocycles. The molecule has 1 amide bonds. The van der Waals surface area contributed by atoms with Crippen molar-refractivity contribution in [3.05, 3.63) is 71.2 Å². The molecule has 218 valence electrons. The summed E-state index contributed by atoms with van der Waals surface area (Å²) in [4.78, 5) is 64.2. The number of carbonyl (C=O) groups excluding carboxylic acids is 4. The molecule has 2 N–H and O–H groups in total. The van der Waals surface area contributed by atoms with Crippen LogP contribution in [0.4, 0.5) is 0 Å². The number of rotatable bonds is 13. The third kappa shape index (κ3) is 7.48. The van der Waals surface area contributed by atoms with Crippen LogP contribution in [-0.4, -0.2) is 66.0 Å². The van der Waals surface area contributed by atoms with Crippen molar-refractivity contribution in [2.75, 3.05) is 20.3 Å². The zero-order valence-electron chi connectivity index (χ0n) is 22.9. The largest absolute Gasteiger partial charge is 0.469 e. The third-order valence-electron chi connectivity index (χ3n) is 6.04. The number of oxazole rings is 1. The number of esters is 3. The Labute approximate surface area is 235 Å². The van der Waals surface area contributed by atoms with Crippen molar-refractivity contribution in [2.24, 2.45) is 0 Å². The number of aliphatic hydroxyl groups excluding tert-OH is 1. The number of benzene rings is 2. The van der Waals surface area contributed by atoms with Gasteiger partial charge in [0, 0.05) is 17.5 Å². The SMILES string of the molecule is CCOC(=O)C(NC(=O)[C@H]([C@@H](O)CCC(=O)OC)n1c(-c2ccccc2)c(-c2ccccc2)oc1=O)C(=O)OCC. The van der Waals surface area contributed by atoms with Gasteiger partial charge in [0.25, 0.3) is 0 Å². The normalized spacial score (nSPS) is 12.3. The molecule has 12 heteroatoms. The van der Waals surface area contributed by atoms with E-state index in [0.717, 1.165) is 4.57 Å². The lowest BCUT2D eigenvalue weighted by Crippen LogP contribution is -2.52. The molecule has 3 rings (SSSR count). The van der Waals surface area contributed by atoms with Gasteiger partial charge >= 0.3 is 23.7 Å². The summed E-state index contributed by atoms with van der Waals surface area (Å²) in [7, 11) is 1.17. The van der Waals surface area contributed by atoms with Gasteiger partial charge in [0.05, 0.1) is 32.1 Å². The molecule has 0 aliphatic rings. The highest BCUT2D eigenvalue weighted by Gasteiger charge is 2.39. The fraction of sp³-hybridized carbons (Fsp3) is 0.345. The maximum atomic E-state index is 13.8. The number of aliphatic hydroxyl groups is 1. The quantitative estimate of drug-likeness (QED) is 0.178. The molecule has 41 heavy (non-hydrogen) atoms. The topological polar surface area (TPSA) is 163 Å². The molecule has 0 aliphatic heterocycles. The Balaban J connectivity index is 2.20. The van der Waals surface area contributed by atoms with Crippen LogP contribution in [0.3, 0.4) is 0 Å². The van der Waals surface area contributed by atoms with Gasteiger partial charge in [0.2, 0.25) is 11.9 Å². The second kappa shape index (κ2) is 14.6. The zero-order chi connectivity index (χ0) is 29.9. The summed E-state index contributed by atoms with van der Waals surface area (Å²) in [6, 6.07) is 13.6. The first kappa shape index (κ1) is 30.8. The van der Waals surface area contributed by atoms with Gasteiger partial charge in [-0.15, -0.1) is 0 Å². The van der Waals surface area contributed by atoms with Crippen LogP contribution in [0.15, 0.2) is 69.9 Å². The van der Waals surface area contributed by atoms with Gasteiger partial charge < -0.3 is 29.1 Å². The van der Waals surface area contributed by atoms with Gasteiger partial charge in [0.1, 0.15) is 6.04 Å². The Kier molecular flexibility index (Phi) is 11.0.